The summed E-state index contributed by atoms with van der Waals surface area (Å²) in [5.74, 6) is 2.61. The number of nitrogens with zero attached hydrogens (tertiary/aromatic N) is 4. The second-order valence-corrected chi connectivity index (χ2v) is 25.1. The molecule has 0 unspecified atom stereocenters. The fourth-order valence-electron chi connectivity index (χ4n) is 13.7. The first kappa shape index (κ1) is 66.1. The van der Waals surface area contributed by atoms with E-state index in [-0.39, 0.29) is 0 Å². The summed E-state index contributed by atoms with van der Waals surface area (Å²) < 4.78 is 17.4. The molecule has 0 saturated heterocycles. The van der Waals surface area contributed by atoms with Gasteiger partial charge < -0.3 is 33.8 Å². The van der Waals surface area contributed by atoms with Gasteiger partial charge in [0, 0.05) is 70.0 Å². The first-order valence-corrected chi connectivity index (χ1v) is 34.8. The number of hydrogen-bond donors (Lipinski definition) is 0. The molecule has 0 bridgehead atoms. The van der Waals surface area contributed by atoms with Crippen LogP contribution >= 0.6 is 0 Å². The molecule has 0 fully saturated rings. The molecular weight excluding hydrogens is 1210 g/mol. The molecule has 0 radical (unpaired) electrons. The molecule has 0 aliphatic rings. The molecule has 0 saturated carbocycles. The van der Waals surface area contributed by atoms with Crippen molar-refractivity contribution >= 4 is 56.9 Å². The van der Waals surface area contributed by atoms with Crippen molar-refractivity contribution in [1.29, 1.82) is 0 Å². The Kier molecular flexibility index (Phi) is 20.2. The van der Waals surface area contributed by atoms with Gasteiger partial charge in [-0.15, -0.1) is 0 Å². The van der Waals surface area contributed by atoms with E-state index in [1.807, 2.05) is 57.2 Å². The number of benzene rings is 13. The number of hydrogen-bond acceptors (Lipinski definition) is 7. The van der Waals surface area contributed by atoms with Crippen LogP contribution in [0.15, 0.2) is 315 Å². The molecule has 0 aliphatic heterocycles. The third-order valence-corrected chi connectivity index (χ3v) is 18.9. The predicted octanol–water partition coefficient (Wildman–Crippen LogP) is 24.4. The molecule has 13 rings (SSSR count). The van der Waals surface area contributed by atoms with Gasteiger partial charge in [-0.25, -0.2) is 0 Å². The standard InChI is InChI=1S/C92H86N4O3/c1-9-93(10-2)79-52-32-75(33-53-79)92(76-34-54-86(55-35-76)94(80-40-14-66(6)15-41-80)83-46-20-69(21-47-83)72-26-60-89(61-27-72)97-11-3,77-36-56-87(57-37-77)95(81-42-16-67(7)17-43-81)84-48-22-70(23-49-84)73-28-62-90(63-29-73)98-12-4)78-38-58-88(59-39-78)96(82-44-18-68(8)19-45-82)85-50-24-71(25-51-85)74-30-64-91(65-31-74)99-13-5/h14-65H,9-13H2,1-8H3. The monoisotopic (exact) mass is 1290 g/mol. The van der Waals surface area contributed by atoms with Crippen LogP contribution in [0.3, 0.4) is 0 Å². The molecule has 0 atom stereocenters. The SMILES string of the molecule is CCOc1ccc(-c2ccc(N(c3ccc(C)cc3)c3ccc(C(c4ccc(N(CC)CC)cc4)(c4ccc(N(c5ccc(C)cc5)c5ccc(-c6ccc(OCC)cc6)cc5)cc4)c4ccc(N(c5ccc(C)cc5)c5ccc(-c6ccc(OCC)cc6)cc5)cc4)cc3)cc2)cc1. The number of aryl methyl sites for hydroxylation is 3. The molecule has 13 aromatic rings. The smallest absolute Gasteiger partial charge is 0.119 e. The second-order valence-electron chi connectivity index (χ2n) is 25.1. The van der Waals surface area contributed by atoms with E-state index >= 15 is 0 Å². The van der Waals surface area contributed by atoms with Gasteiger partial charge in [-0.2, -0.15) is 0 Å². The van der Waals surface area contributed by atoms with Gasteiger partial charge in [0.15, 0.2) is 0 Å². The summed E-state index contributed by atoms with van der Waals surface area (Å²) in [6.45, 7) is 20.6. The summed E-state index contributed by atoms with van der Waals surface area (Å²) in [4.78, 5) is 9.51. The summed E-state index contributed by atoms with van der Waals surface area (Å²) >= 11 is 0. The van der Waals surface area contributed by atoms with Crippen LogP contribution in [0, 0.1) is 20.8 Å². The van der Waals surface area contributed by atoms with E-state index < -0.39 is 5.41 Å². The van der Waals surface area contributed by atoms with Crippen molar-refractivity contribution in [2.75, 3.05) is 52.5 Å². The van der Waals surface area contributed by atoms with Crippen molar-refractivity contribution in [1.82, 2.24) is 0 Å². The molecule has 99 heavy (non-hydrogen) atoms. The van der Waals surface area contributed by atoms with Crippen LogP contribution in [0.25, 0.3) is 33.4 Å². The quantitative estimate of drug-likeness (QED) is 0.0528. The van der Waals surface area contributed by atoms with Gasteiger partial charge in [-0.1, -0.05) is 174 Å². The minimum Gasteiger partial charge on any atom is -0.494 e. The van der Waals surface area contributed by atoms with Gasteiger partial charge in [0.2, 0.25) is 0 Å². The van der Waals surface area contributed by atoms with Crippen LogP contribution in [0.4, 0.5) is 56.9 Å². The fourth-order valence-corrected chi connectivity index (χ4v) is 13.7. The van der Waals surface area contributed by atoms with E-state index in [0.717, 1.165) is 137 Å². The van der Waals surface area contributed by atoms with Gasteiger partial charge in [-0.3, -0.25) is 0 Å². The Morgan fingerprint density at radius 1 is 0.212 bits per heavy atom. The number of rotatable bonds is 25. The minimum absolute atomic E-state index is 0.629. The Hall–Kier alpha value is -11.5. The van der Waals surface area contributed by atoms with E-state index in [1.54, 1.807) is 0 Å². The third-order valence-electron chi connectivity index (χ3n) is 18.9. The molecule has 0 amide bonds. The van der Waals surface area contributed by atoms with E-state index in [4.69, 9.17) is 14.2 Å². The van der Waals surface area contributed by atoms with E-state index in [2.05, 4.69) is 333 Å². The molecule has 0 spiro atoms. The highest BCUT2D eigenvalue weighted by Crippen LogP contribution is 2.50. The highest BCUT2D eigenvalue weighted by atomic mass is 16.5. The summed E-state index contributed by atoms with van der Waals surface area (Å²) in [6, 6.07) is 116. The molecule has 0 aromatic heterocycles. The molecule has 0 aliphatic carbocycles. The lowest BCUT2D eigenvalue weighted by atomic mass is 9.65. The zero-order valence-electron chi connectivity index (χ0n) is 58.1. The first-order valence-electron chi connectivity index (χ1n) is 34.8. The fraction of sp³-hybridized carbons (Fsp3) is 0.152. The van der Waals surface area contributed by atoms with Crippen molar-refractivity contribution in [2.24, 2.45) is 0 Å². The molecule has 13 aromatic carbocycles. The van der Waals surface area contributed by atoms with Gasteiger partial charge in [0.25, 0.3) is 0 Å². The summed E-state index contributed by atoms with van der Waals surface area (Å²) in [7, 11) is 0. The molecule has 0 heterocycles. The summed E-state index contributed by atoms with van der Waals surface area (Å²) in [5.41, 5.74) is 24.7. The van der Waals surface area contributed by atoms with Gasteiger partial charge in [0.1, 0.15) is 17.2 Å². The van der Waals surface area contributed by atoms with Gasteiger partial charge >= 0.3 is 0 Å². The van der Waals surface area contributed by atoms with Crippen LogP contribution in [0.5, 0.6) is 17.2 Å². The Morgan fingerprint density at radius 2 is 0.384 bits per heavy atom. The normalized spacial score (nSPS) is 11.2. The highest BCUT2D eigenvalue weighted by Gasteiger charge is 2.39. The maximum atomic E-state index is 5.80. The average Bonchev–Trinajstić information content (AvgIpc) is 0.729. The molecule has 7 nitrogen and oxygen atoms in total. The topological polar surface area (TPSA) is 40.7 Å². The van der Waals surface area contributed by atoms with Crippen molar-refractivity contribution in [3.63, 3.8) is 0 Å². The maximum Gasteiger partial charge on any atom is 0.119 e. The molecule has 7 heteroatoms. The lowest BCUT2D eigenvalue weighted by molar-refractivity contribution is 0.340. The van der Waals surface area contributed by atoms with Crippen molar-refractivity contribution in [2.45, 2.75) is 60.8 Å². The Bertz CT molecular complexity index is 4270. The predicted molar refractivity (Wildman–Crippen MR) is 416 cm³/mol. The molecular formula is C92H86N4O3. The third kappa shape index (κ3) is 14.3. The molecule has 0 N–H and O–H groups in total. The Labute approximate surface area is 586 Å². The van der Waals surface area contributed by atoms with E-state index in [9.17, 15) is 0 Å². The van der Waals surface area contributed by atoms with Crippen LogP contribution in [-0.4, -0.2) is 32.9 Å². The maximum absolute atomic E-state index is 5.80. The lowest BCUT2D eigenvalue weighted by Gasteiger charge is -2.38. The molecule has 492 valence electrons. The lowest BCUT2D eigenvalue weighted by Crippen LogP contribution is -2.31. The zero-order chi connectivity index (χ0) is 68.2. The highest BCUT2D eigenvalue weighted by molar-refractivity contribution is 5.83. The van der Waals surface area contributed by atoms with Crippen LogP contribution in [0.2, 0.25) is 0 Å². The second kappa shape index (κ2) is 30.3. The minimum atomic E-state index is -0.854. The first-order chi connectivity index (χ1) is 48.5. The largest absolute Gasteiger partial charge is 0.494 e. The summed E-state index contributed by atoms with van der Waals surface area (Å²) in [5, 5.41) is 0. The number of ether oxygens (including phenoxy) is 3. The Balaban J connectivity index is 0.974. The summed E-state index contributed by atoms with van der Waals surface area (Å²) in [6.07, 6.45) is 0. The zero-order valence-corrected chi connectivity index (χ0v) is 58.1. The van der Waals surface area contributed by atoms with E-state index in [0.29, 0.717) is 19.8 Å². The van der Waals surface area contributed by atoms with Crippen LogP contribution in [0.1, 0.15) is 73.6 Å². The number of anilines is 10. The van der Waals surface area contributed by atoms with Crippen molar-refractivity contribution < 1.29 is 14.2 Å². The van der Waals surface area contributed by atoms with Crippen LogP contribution in [-0.2, 0) is 5.41 Å². The Morgan fingerprint density at radius 3 is 0.576 bits per heavy atom. The van der Waals surface area contributed by atoms with Crippen molar-refractivity contribution in [3.8, 4) is 50.6 Å². The average molecular weight is 1300 g/mol. The van der Waals surface area contributed by atoms with Gasteiger partial charge in [0.05, 0.1) is 25.2 Å². The van der Waals surface area contributed by atoms with Crippen LogP contribution < -0.4 is 33.8 Å². The van der Waals surface area contributed by atoms with Crippen molar-refractivity contribution in [3.05, 3.63) is 354 Å². The van der Waals surface area contributed by atoms with Gasteiger partial charge in [-0.05, 0) is 269 Å². The van der Waals surface area contributed by atoms with E-state index in [1.165, 1.54) is 22.4 Å².